The molecule has 0 radical (unpaired) electrons. The monoisotopic (exact) mass is 256 g/mol. The Kier molecular flexibility index (Phi) is 4.85. The molecule has 2 nitrogen and oxygen atoms in total. The van der Waals surface area contributed by atoms with E-state index in [1.807, 2.05) is 19.6 Å². The second-order valence-electron chi connectivity index (χ2n) is 3.20. The molecule has 0 aromatic rings. The van der Waals surface area contributed by atoms with Crippen molar-refractivity contribution in [3.63, 3.8) is 0 Å². The normalized spacial score (nSPS) is 13.8. The third-order valence-electron chi connectivity index (χ3n) is 0.829. The molecule has 0 atom stereocenters. The van der Waals surface area contributed by atoms with E-state index in [0.717, 1.165) is 0 Å². The summed E-state index contributed by atoms with van der Waals surface area (Å²) >= 11 is 2.68. The van der Waals surface area contributed by atoms with Gasteiger partial charge in [0, 0.05) is 0 Å². The molecular formula is C7H14BrFO2Si. The first-order chi connectivity index (χ1) is 5.37. The first kappa shape index (κ1) is 12.0. The molecular weight excluding hydrogens is 243 g/mol. The van der Waals surface area contributed by atoms with Crippen molar-refractivity contribution in [3.8, 4) is 0 Å². The Morgan fingerprint density at radius 1 is 1.42 bits per heavy atom. The van der Waals surface area contributed by atoms with E-state index in [9.17, 15) is 4.39 Å². The van der Waals surface area contributed by atoms with Crippen molar-refractivity contribution in [3.05, 3.63) is 10.7 Å². The van der Waals surface area contributed by atoms with Gasteiger partial charge in [-0.05, 0) is 42.5 Å². The van der Waals surface area contributed by atoms with Gasteiger partial charge in [0.25, 0.3) is 0 Å². The molecule has 0 aliphatic heterocycles. The van der Waals surface area contributed by atoms with Crippen LogP contribution in [0.2, 0.25) is 19.6 Å². The summed E-state index contributed by atoms with van der Waals surface area (Å²) in [5.41, 5.74) is 0. The van der Waals surface area contributed by atoms with Gasteiger partial charge in [0.2, 0.25) is 13.1 Å². The Hall–Kier alpha value is -0.0331. The van der Waals surface area contributed by atoms with Crippen LogP contribution in [0.3, 0.4) is 0 Å². The van der Waals surface area contributed by atoms with Crippen molar-refractivity contribution in [2.45, 2.75) is 26.6 Å². The molecule has 0 heterocycles. The number of hydrogen-bond donors (Lipinski definition) is 0. The van der Waals surface area contributed by atoms with Gasteiger partial charge in [-0.15, -0.1) is 0 Å². The molecule has 0 saturated heterocycles. The number of ether oxygens (including phenoxy) is 1. The molecule has 0 fully saturated rings. The SMILES string of the molecule is CCOC(O[Si](C)(C)C)=C(F)Br. The maximum absolute atomic E-state index is 12.7. The minimum Gasteiger partial charge on any atom is -0.517 e. The van der Waals surface area contributed by atoms with Crippen LogP contribution in [-0.4, -0.2) is 14.9 Å². The van der Waals surface area contributed by atoms with Gasteiger partial charge in [-0.2, -0.15) is 4.39 Å². The van der Waals surface area contributed by atoms with Crippen molar-refractivity contribution in [1.82, 2.24) is 0 Å². The average molecular weight is 257 g/mol. The second kappa shape index (κ2) is 4.86. The highest BCUT2D eigenvalue weighted by atomic mass is 79.9. The topological polar surface area (TPSA) is 18.5 Å². The van der Waals surface area contributed by atoms with E-state index in [1.165, 1.54) is 0 Å². The lowest BCUT2D eigenvalue weighted by molar-refractivity contribution is 0.105. The Morgan fingerprint density at radius 2 is 1.92 bits per heavy atom. The smallest absolute Gasteiger partial charge is 0.310 e. The number of rotatable bonds is 4. The Labute approximate surface area is 82.0 Å². The molecule has 0 N–H and O–H groups in total. The molecule has 0 rings (SSSR count). The van der Waals surface area contributed by atoms with E-state index in [-0.39, 0.29) is 5.95 Å². The molecule has 72 valence electrons. The molecule has 0 bridgehead atoms. The summed E-state index contributed by atoms with van der Waals surface area (Å²) in [6, 6.07) is 0. The largest absolute Gasteiger partial charge is 0.517 e. The summed E-state index contributed by atoms with van der Waals surface area (Å²) < 4.78 is 22.3. The quantitative estimate of drug-likeness (QED) is 0.568. The third kappa shape index (κ3) is 5.60. The van der Waals surface area contributed by atoms with Crippen LogP contribution in [-0.2, 0) is 9.16 Å². The van der Waals surface area contributed by atoms with E-state index < -0.39 is 13.1 Å². The van der Waals surface area contributed by atoms with Crippen molar-refractivity contribution in [2.75, 3.05) is 6.61 Å². The van der Waals surface area contributed by atoms with Crippen LogP contribution in [0, 0.1) is 0 Å². The lowest BCUT2D eigenvalue weighted by atomic mass is 10.8. The van der Waals surface area contributed by atoms with Crippen LogP contribution in [0.15, 0.2) is 10.7 Å². The van der Waals surface area contributed by atoms with Crippen LogP contribution in [0.1, 0.15) is 6.92 Å². The summed E-state index contributed by atoms with van der Waals surface area (Å²) in [5.74, 6) is -0.0309. The fraction of sp³-hybridized carbons (Fsp3) is 0.714. The zero-order chi connectivity index (χ0) is 9.78. The van der Waals surface area contributed by atoms with Gasteiger partial charge in [0.05, 0.1) is 6.61 Å². The van der Waals surface area contributed by atoms with Crippen LogP contribution < -0.4 is 0 Å². The maximum atomic E-state index is 12.7. The van der Waals surface area contributed by atoms with Gasteiger partial charge in [0.1, 0.15) is 0 Å². The van der Waals surface area contributed by atoms with Crippen molar-refractivity contribution in [2.24, 2.45) is 0 Å². The molecule has 0 amide bonds. The predicted octanol–water partition coefficient (Wildman–Crippen LogP) is 3.37. The highest BCUT2D eigenvalue weighted by molar-refractivity contribution is 9.11. The molecule has 0 spiro atoms. The molecule has 0 unspecified atom stereocenters. The van der Waals surface area contributed by atoms with Gasteiger partial charge in [0.15, 0.2) is 0 Å². The lowest BCUT2D eigenvalue weighted by Crippen LogP contribution is -2.25. The van der Waals surface area contributed by atoms with E-state index in [2.05, 4.69) is 15.9 Å². The molecule has 0 saturated carbocycles. The standard InChI is InChI=1S/C7H14BrFO2Si/c1-5-10-7(6(8)9)11-12(2,3)4/h5H2,1-4H3. The van der Waals surface area contributed by atoms with Crippen molar-refractivity contribution >= 4 is 24.2 Å². The fourth-order valence-corrected chi connectivity index (χ4v) is 1.58. The van der Waals surface area contributed by atoms with Gasteiger partial charge in [-0.1, -0.05) is 0 Å². The summed E-state index contributed by atoms with van der Waals surface area (Å²) in [5, 5.41) is 0. The zero-order valence-electron chi connectivity index (χ0n) is 7.78. The molecule has 0 aromatic carbocycles. The van der Waals surface area contributed by atoms with E-state index in [0.29, 0.717) is 6.61 Å². The summed E-state index contributed by atoms with van der Waals surface area (Å²) in [6.45, 7) is 8.06. The zero-order valence-corrected chi connectivity index (χ0v) is 10.4. The number of hydrogen-bond acceptors (Lipinski definition) is 2. The highest BCUT2D eigenvalue weighted by Gasteiger charge is 2.20. The fourth-order valence-electron chi connectivity index (χ4n) is 0.532. The lowest BCUT2D eigenvalue weighted by Gasteiger charge is -2.20. The first-order valence-corrected chi connectivity index (χ1v) is 7.94. The Balaban J connectivity index is 4.26. The molecule has 0 aliphatic rings. The molecule has 12 heavy (non-hydrogen) atoms. The number of halogens is 2. The second-order valence-corrected chi connectivity index (χ2v) is 8.32. The van der Waals surface area contributed by atoms with Gasteiger partial charge in [-0.3, -0.25) is 0 Å². The van der Waals surface area contributed by atoms with Gasteiger partial charge < -0.3 is 9.16 Å². The molecule has 0 aliphatic carbocycles. The van der Waals surface area contributed by atoms with E-state index in [1.54, 1.807) is 6.92 Å². The molecule has 0 aromatic heterocycles. The molecule has 5 heteroatoms. The van der Waals surface area contributed by atoms with Crippen LogP contribution in [0.25, 0.3) is 0 Å². The Morgan fingerprint density at radius 3 is 2.17 bits per heavy atom. The van der Waals surface area contributed by atoms with Gasteiger partial charge >= 0.3 is 5.95 Å². The van der Waals surface area contributed by atoms with Crippen molar-refractivity contribution in [1.29, 1.82) is 0 Å². The minimum atomic E-state index is -1.77. The van der Waals surface area contributed by atoms with E-state index in [4.69, 9.17) is 9.16 Å². The van der Waals surface area contributed by atoms with Crippen LogP contribution >= 0.6 is 15.9 Å². The minimum absolute atomic E-state index is 0.0309. The van der Waals surface area contributed by atoms with Crippen LogP contribution in [0.5, 0.6) is 0 Å². The summed E-state index contributed by atoms with van der Waals surface area (Å²) in [6.07, 6.45) is 0. The summed E-state index contributed by atoms with van der Waals surface area (Å²) in [4.78, 5) is 0. The van der Waals surface area contributed by atoms with Gasteiger partial charge in [-0.25, -0.2) is 0 Å². The first-order valence-electron chi connectivity index (χ1n) is 3.74. The van der Waals surface area contributed by atoms with Crippen LogP contribution in [0.4, 0.5) is 4.39 Å². The van der Waals surface area contributed by atoms with Crippen molar-refractivity contribution < 1.29 is 13.6 Å². The van der Waals surface area contributed by atoms with E-state index >= 15 is 0 Å². The third-order valence-corrected chi connectivity index (χ3v) is 1.95. The summed E-state index contributed by atoms with van der Waals surface area (Å²) in [7, 11) is -1.77. The Bertz CT molecular complexity index is 173. The maximum Gasteiger partial charge on any atom is 0.310 e. The average Bonchev–Trinajstić information content (AvgIpc) is 1.83. The highest BCUT2D eigenvalue weighted by Crippen LogP contribution is 2.20. The predicted molar refractivity (Wildman–Crippen MR) is 53.1 cm³/mol.